The zero-order chi connectivity index (χ0) is 10.7. The normalized spacial score (nSPS) is 34.6. The second-order valence-corrected chi connectivity index (χ2v) is 5.45. The van der Waals surface area contributed by atoms with Gasteiger partial charge in [0.25, 0.3) is 0 Å². The molecule has 0 aromatic rings. The molecule has 0 amide bonds. The van der Waals surface area contributed by atoms with Crippen LogP contribution in [0.4, 0.5) is 0 Å². The van der Waals surface area contributed by atoms with Crippen LogP contribution in [0.3, 0.4) is 0 Å². The number of rotatable bonds is 2. The first kappa shape index (κ1) is 11.0. The monoisotopic (exact) mass is 208 g/mol. The van der Waals surface area contributed by atoms with E-state index in [0.717, 1.165) is 11.8 Å². The zero-order valence-electron chi connectivity index (χ0n) is 9.91. The van der Waals surface area contributed by atoms with Crippen LogP contribution in [0.5, 0.6) is 0 Å². The van der Waals surface area contributed by atoms with Gasteiger partial charge in [-0.15, -0.1) is 0 Å². The summed E-state index contributed by atoms with van der Waals surface area (Å²) in [6.45, 7) is 2.35. The Labute approximate surface area is 93.3 Å². The van der Waals surface area contributed by atoms with E-state index in [2.05, 4.69) is 6.92 Å². The molecule has 0 aromatic heterocycles. The van der Waals surface area contributed by atoms with Gasteiger partial charge in [0.05, 0.1) is 11.9 Å². The van der Waals surface area contributed by atoms with Crippen LogP contribution in [0, 0.1) is 11.8 Å². The summed E-state index contributed by atoms with van der Waals surface area (Å²) in [5.41, 5.74) is 6.09. The minimum absolute atomic E-state index is 0.543. The Morgan fingerprint density at radius 2 is 1.60 bits per heavy atom. The molecule has 2 heteroatoms. The highest BCUT2D eigenvalue weighted by atomic mass is 14.9. The fraction of sp³-hybridized carbons (Fsp3) is 0.923. The van der Waals surface area contributed by atoms with Crippen molar-refractivity contribution in [2.45, 2.75) is 64.3 Å². The lowest BCUT2D eigenvalue weighted by molar-refractivity contribution is 0.348. The van der Waals surface area contributed by atoms with Crippen molar-refractivity contribution < 1.29 is 0 Å². The van der Waals surface area contributed by atoms with Gasteiger partial charge in [0.15, 0.2) is 0 Å². The molecule has 2 rings (SSSR count). The van der Waals surface area contributed by atoms with Crippen molar-refractivity contribution in [2.75, 3.05) is 0 Å². The van der Waals surface area contributed by atoms with Crippen LogP contribution in [0.1, 0.15) is 58.3 Å². The minimum atomic E-state index is 0.543. The second kappa shape index (κ2) is 5.00. The Hall–Kier alpha value is -0.530. The standard InChI is InChI=1S/C13H24N2/c1-10-6-8-12(9-7-10)15-13(14)11-4-2-3-5-11/h10-12H,2-9H2,1H3,(H2,14,15). The Kier molecular flexibility index (Phi) is 3.66. The topological polar surface area (TPSA) is 38.4 Å². The van der Waals surface area contributed by atoms with Crippen LogP contribution >= 0.6 is 0 Å². The summed E-state index contributed by atoms with van der Waals surface area (Å²) < 4.78 is 0. The van der Waals surface area contributed by atoms with Gasteiger partial charge in [0, 0.05) is 5.92 Å². The van der Waals surface area contributed by atoms with E-state index in [-0.39, 0.29) is 0 Å². The van der Waals surface area contributed by atoms with Crippen molar-refractivity contribution in [1.29, 1.82) is 0 Å². The Balaban J connectivity index is 1.85. The van der Waals surface area contributed by atoms with Gasteiger partial charge in [-0.1, -0.05) is 19.8 Å². The van der Waals surface area contributed by atoms with Crippen molar-refractivity contribution in [3.63, 3.8) is 0 Å². The first-order valence-corrected chi connectivity index (χ1v) is 6.59. The summed E-state index contributed by atoms with van der Waals surface area (Å²) in [6.07, 6.45) is 10.4. The Morgan fingerprint density at radius 3 is 2.20 bits per heavy atom. The molecule has 0 unspecified atom stereocenters. The number of hydrogen-bond acceptors (Lipinski definition) is 1. The molecule has 15 heavy (non-hydrogen) atoms. The summed E-state index contributed by atoms with van der Waals surface area (Å²) in [5.74, 6) is 2.49. The van der Waals surface area contributed by atoms with Gasteiger partial charge >= 0.3 is 0 Å². The van der Waals surface area contributed by atoms with Gasteiger partial charge in [-0.3, -0.25) is 4.99 Å². The van der Waals surface area contributed by atoms with Crippen LogP contribution in [-0.2, 0) is 0 Å². The van der Waals surface area contributed by atoms with Gasteiger partial charge in [-0.2, -0.15) is 0 Å². The average Bonchev–Trinajstić information content (AvgIpc) is 2.74. The van der Waals surface area contributed by atoms with E-state index in [1.807, 2.05) is 0 Å². The molecule has 2 fully saturated rings. The van der Waals surface area contributed by atoms with Crippen LogP contribution in [0.25, 0.3) is 0 Å². The summed E-state index contributed by atoms with van der Waals surface area (Å²) in [5, 5.41) is 0. The summed E-state index contributed by atoms with van der Waals surface area (Å²) in [4.78, 5) is 4.75. The molecule has 2 saturated carbocycles. The lowest BCUT2D eigenvalue weighted by Gasteiger charge is -2.24. The molecule has 0 saturated heterocycles. The maximum absolute atomic E-state index is 6.09. The molecule has 86 valence electrons. The quantitative estimate of drug-likeness (QED) is 0.549. The molecule has 2 aliphatic rings. The van der Waals surface area contributed by atoms with Gasteiger partial charge in [0.2, 0.25) is 0 Å². The molecular formula is C13H24N2. The first-order chi connectivity index (χ1) is 7.25. The van der Waals surface area contributed by atoms with E-state index in [0.29, 0.717) is 12.0 Å². The van der Waals surface area contributed by atoms with E-state index in [1.54, 1.807) is 0 Å². The molecule has 0 spiro atoms. The third kappa shape index (κ3) is 2.96. The molecular weight excluding hydrogens is 184 g/mol. The molecule has 2 nitrogen and oxygen atoms in total. The molecule has 0 atom stereocenters. The average molecular weight is 208 g/mol. The smallest absolute Gasteiger partial charge is 0.0971 e. The van der Waals surface area contributed by atoms with E-state index < -0.39 is 0 Å². The molecule has 2 N–H and O–H groups in total. The van der Waals surface area contributed by atoms with Crippen LogP contribution < -0.4 is 5.73 Å². The van der Waals surface area contributed by atoms with Gasteiger partial charge in [-0.05, 0) is 44.4 Å². The number of hydrogen-bond donors (Lipinski definition) is 1. The zero-order valence-corrected chi connectivity index (χ0v) is 9.91. The van der Waals surface area contributed by atoms with Crippen LogP contribution in [0.2, 0.25) is 0 Å². The van der Waals surface area contributed by atoms with Crippen molar-refractivity contribution in [3.8, 4) is 0 Å². The first-order valence-electron chi connectivity index (χ1n) is 6.59. The lowest BCUT2D eigenvalue weighted by Crippen LogP contribution is -2.26. The molecule has 2 aliphatic carbocycles. The number of nitrogens with zero attached hydrogens (tertiary/aromatic N) is 1. The maximum atomic E-state index is 6.09. The summed E-state index contributed by atoms with van der Waals surface area (Å²) in [6, 6.07) is 0.543. The number of nitrogens with two attached hydrogens (primary N) is 1. The number of aliphatic imine (C=N–C) groups is 1. The second-order valence-electron chi connectivity index (χ2n) is 5.45. The van der Waals surface area contributed by atoms with E-state index in [9.17, 15) is 0 Å². The fourth-order valence-corrected chi connectivity index (χ4v) is 2.91. The predicted octanol–water partition coefficient (Wildman–Crippen LogP) is 3.11. The van der Waals surface area contributed by atoms with Gasteiger partial charge < -0.3 is 5.73 Å². The third-order valence-electron chi connectivity index (χ3n) is 4.09. The minimum Gasteiger partial charge on any atom is -0.387 e. The van der Waals surface area contributed by atoms with E-state index in [1.165, 1.54) is 51.4 Å². The third-order valence-corrected chi connectivity index (χ3v) is 4.09. The molecule has 0 radical (unpaired) electrons. The van der Waals surface area contributed by atoms with Gasteiger partial charge in [-0.25, -0.2) is 0 Å². The van der Waals surface area contributed by atoms with Crippen molar-refractivity contribution in [2.24, 2.45) is 22.6 Å². The SMILES string of the molecule is CC1CCC(N=C(N)C2CCCC2)CC1. The molecule has 0 aromatic carbocycles. The highest BCUT2D eigenvalue weighted by Gasteiger charge is 2.22. The lowest BCUT2D eigenvalue weighted by atomic mass is 9.87. The van der Waals surface area contributed by atoms with Crippen molar-refractivity contribution in [1.82, 2.24) is 0 Å². The highest BCUT2D eigenvalue weighted by molar-refractivity contribution is 5.83. The Bertz CT molecular complexity index is 221. The molecule has 0 aliphatic heterocycles. The predicted molar refractivity (Wildman–Crippen MR) is 65.0 cm³/mol. The summed E-state index contributed by atoms with van der Waals surface area (Å²) >= 11 is 0. The van der Waals surface area contributed by atoms with Gasteiger partial charge in [0.1, 0.15) is 0 Å². The molecule has 0 heterocycles. The fourth-order valence-electron chi connectivity index (χ4n) is 2.91. The van der Waals surface area contributed by atoms with Crippen molar-refractivity contribution in [3.05, 3.63) is 0 Å². The Morgan fingerprint density at radius 1 is 1.00 bits per heavy atom. The maximum Gasteiger partial charge on any atom is 0.0971 e. The van der Waals surface area contributed by atoms with E-state index >= 15 is 0 Å². The largest absolute Gasteiger partial charge is 0.387 e. The van der Waals surface area contributed by atoms with Crippen LogP contribution in [0.15, 0.2) is 4.99 Å². The van der Waals surface area contributed by atoms with Crippen LogP contribution in [-0.4, -0.2) is 11.9 Å². The molecule has 0 bridgehead atoms. The summed E-state index contributed by atoms with van der Waals surface area (Å²) in [7, 11) is 0. The van der Waals surface area contributed by atoms with E-state index in [4.69, 9.17) is 10.7 Å². The number of amidine groups is 1. The van der Waals surface area contributed by atoms with Crippen molar-refractivity contribution >= 4 is 5.84 Å². The highest BCUT2D eigenvalue weighted by Crippen LogP contribution is 2.28.